The van der Waals surface area contributed by atoms with Gasteiger partial charge in [0.1, 0.15) is 18.1 Å². The topological polar surface area (TPSA) is 65.2 Å². The van der Waals surface area contributed by atoms with Crippen LogP contribution in [-0.4, -0.2) is 15.9 Å². The summed E-state index contributed by atoms with van der Waals surface area (Å²) in [5.41, 5.74) is 4.84. The highest BCUT2D eigenvalue weighted by atomic mass is 32.2. The second-order valence-corrected chi connectivity index (χ2v) is 7.96. The van der Waals surface area contributed by atoms with Crippen LogP contribution >= 0.6 is 23.1 Å². The van der Waals surface area contributed by atoms with Crippen LogP contribution in [0.4, 0.5) is 0 Å². The largest absolute Gasteiger partial charge is 0.455 e. The number of hydrogen-bond donors (Lipinski definition) is 0. The van der Waals surface area contributed by atoms with Crippen LogP contribution in [0.1, 0.15) is 27.5 Å². The number of benzene rings is 2. The molecule has 146 valence electrons. The minimum Gasteiger partial charge on any atom is -0.455 e. The summed E-state index contributed by atoms with van der Waals surface area (Å²) in [5.74, 6) is 1.49. The van der Waals surface area contributed by atoms with Crippen LogP contribution in [0, 0.1) is 6.92 Å². The van der Waals surface area contributed by atoms with Crippen molar-refractivity contribution in [3.63, 3.8) is 0 Å². The number of aryl methyl sites for hydroxylation is 1. The van der Waals surface area contributed by atoms with Gasteiger partial charge in [-0.1, -0.05) is 30.3 Å². The first-order valence-electron chi connectivity index (χ1n) is 8.98. The number of nitrogens with zero attached hydrogens (tertiary/aromatic N) is 2. The van der Waals surface area contributed by atoms with Gasteiger partial charge < -0.3 is 9.15 Å². The third-order valence-corrected chi connectivity index (χ3v) is 5.96. The lowest BCUT2D eigenvalue weighted by Gasteiger charge is -2.08. The van der Waals surface area contributed by atoms with Crippen molar-refractivity contribution in [2.75, 3.05) is 0 Å². The van der Waals surface area contributed by atoms with Gasteiger partial charge in [-0.05, 0) is 31.2 Å². The predicted octanol–water partition coefficient (Wildman–Crippen LogP) is 5.76. The number of rotatable bonds is 7. The Morgan fingerprint density at radius 1 is 1.14 bits per heavy atom. The summed E-state index contributed by atoms with van der Waals surface area (Å²) < 4.78 is 11.3. The van der Waals surface area contributed by atoms with Crippen molar-refractivity contribution in [3.8, 4) is 11.5 Å². The average molecular weight is 423 g/mol. The van der Waals surface area contributed by atoms with E-state index in [-0.39, 0.29) is 12.6 Å². The van der Waals surface area contributed by atoms with E-state index in [4.69, 9.17) is 9.15 Å². The van der Waals surface area contributed by atoms with E-state index in [9.17, 15) is 4.79 Å². The highest BCUT2D eigenvalue weighted by Crippen LogP contribution is 2.27. The third kappa shape index (κ3) is 4.75. The summed E-state index contributed by atoms with van der Waals surface area (Å²) >= 11 is 3.13. The van der Waals surface area contributed by atoms with Crippen molar-refractivity contribution in [1.82, 2.24) is 9.97 Å². The molecule has 0 N–H and O–H groups in total. The molecule has 2 heterocycles. The number of thiazole rings is 1. The number of ether oxygens (including phenoxy) is 1. The first-order valence-corrected chi connectivity index (χ1v) is 10.9. The molecule has 4 aromatic rings. The van der Waals surface area contributed by atoms with Crippen molar-refractivity contribution in [2.45, 2.75) is 24.2 Å². The Bertz CT molecular complexity index is 1090. The monoisotopic (exact) mass is 422 g/mol. The van der Waals surface area contributed by atoms with Crippen molar-refractivity contribution in [2.24, 2.45) is 0 Å². The van der Waals surface area contributed by atoms with Gasteiger partial charge in [0.05, 0.1) is 16.8 Å². The summed E-state index contributed by atoms with van der Waals surface area (Å²) in [4.78, 5) is 22.3. The van der Waals surface area contributed by atoms with Gasteiger partial charge in [0.15, 0.2) is 0 Å². The molecule has 0 aliphatic carbocycles. The van der Waals surface area contributed by atoms with Crippen LogP contribution in [0.5, 0.6) is 0 Å². The summed E-state index contributed by atoms with van der Waals surface area (Å²) in [6, 6.07) is 17.1. The molecule has 7 heteroatoms. The van der Waals surface area contributed by atoms with E-state index in [2.05, 4.69) is 9.97 Å². The van der Waals surface area contributed by atoms with E-state index in [1.54, 1.807) is 34.7 Å². The molecule has 5 nitrogen and oxygen atoms in total. The van der Waals surface area contributed by atoms with Gasteiger partial charge in [0, 0.05) is 21.6 Å². The molecule has 0 unspecified atom stereocenters. The molecule has 0 saturated carbocycles. The fraction of sp³-hybridized carbons (Fsp3) is 0.136. The van der Waals surface area contributed by atoms with E-state index in [0.717, 1.165) is 16.2 Å². The average Bonchev–Trinajstić information content (AvgIpc) is 3.41. The Morgan fingerprint density at radius 3 is 2.72 bits per heavy atom. The quantitative estimate of drug-likeness (QED) is 0.279. The van der Waals surface area contributed by atoms with Crippen LogP contribution in [0.25, 0.3) is 11.5 Å². The summed E-state index contributed by atoms with van der Waals surface area (Å²) in [5, 5.41) is 2.01. The molecule has 2 aromatic heterocycles. The Balaban J connectivity index is 1.43. The summed E-state index contributed by atoms with van der Waals surface area (Å²) in [6.07, 6.45) is 0. The lowest BCUT2D eigenvalue weighted by Crippen LogP contribution is -2.07. The van der Waals surface area contributed by atoms with Gasteiger partial charge in [-0.25, -0.2) is 14.8 Å². The molecule has 0 aliphatic rings. The third-order valence-electron chi connectivity index (χ3n) is 4.22. The molecule has 0 saturated heterocycles. The highest BCUT2D eigenvalue weighted by molar-refractivity contribution is 7.98. The number of hydrogen-bond acceptors (Lipinski definition) is 7. The normalized spacial score (nSPS) is 10.8. The van der Waals surface area contributed by atoms with E-state index in [1.165, 1.54) is 0 Å². The number of aromatic nitrogens is 2. The fourth-order valence-corrected chi connectivity index (χ4v) is 4.31. The zero-order valence-electron chi connectivity index (χ0n) is 15.7. The van der Waals surface area contributed by atoms with Crippen LogP contribution in [0.15, 0.2) is 74.8 Å². The molecule has 0 radical (unpaired) electrons. The van der Waals surface area contributed by atoms with Gasteiger partial charge in [-0.15, -0.1) is 23.1 Å². The zero-order valence-corrected chi connectivity index (χ0v) is 17.3. The summed E-state index contributed by atoms with van der Waals surface area (Å²) in [6.45, 7) is 1.88. The molecule has 0 fully saturated rings. The Labute approximate surface area is 176 Å². The standard InChI is InChI=1S/C22H18N2O3S2/c1-15-19(24-21(27-15)16-7-3-2-4-8-16)11-26-22(25)18-9-5-6-10-20(18)29-13-17-12-28-14-23-17/h2-10,12,14H,11,13H2,1H3. The van der Waals surface area contributed by atoms with Gasteiger partial charge in [-0.3, -0.25) is 0 Å². The number of thioether (sulfide) groups is 1. The van der Waals surface area contributed by atoms with Gasteiger partial charge >= 0.3 is 5.97 Å². The van der Waals surface area contributed by atoms with E-state index in [0.29, 0.717) is 28.7 Å². The SMILES string of the molecule is Cc1oc(-c2ccccc2)nc1COC(=O)c1ccccc1SCc1cscn1. The van der Waals surface area contributed by atoms with Crippen molar-refractivity contribution < 1.29 is 13.9 Å². The lowest BCUT2D eigenvalue weighted by molar-refractivity contribution is 0.0463. The maximum absolute atomic E-state index is 12.7. The Kier molecular flexibility index (Phi) is 6.07. The van der Waals surface area contributed by atoms with E-state index < -0.39 is 0 Å². The zero-order chi connectivity index (χ0) is 20.1. The number of carbonyl (C=O) groups excluding carboxylic acids is 1. The minimum absolute atomic E-state index is 0.0616. The van der Waals surface area contributed by atoms with E-state index in [1.807, 2.05) is 60.8 Å². The van der Waals surface area contributed by atoms with Crippen LogP contribution < -0.4 is 0 Å². The maximum atomic E-state index is 12.7. The second kappa shape index (κ2) is 9.07. The van der Waals surface area contributed by atoms with Crippen LogP contribution in [0.3, 0.4) is 0 Å². The Morgan fingerprint density at radius 2 is 1.93 bits per heavy atom. The molecular weight excluding hydrogens is 404 g/mol. The molecule has 0 atom stereocenters. The van der Waals surface area contributed by atoms with Gasteiger partial charge in [-0.2, -0.15) is 0 Å². The molecular formula is C22H18N2O3S2. The molecule has 0 spiro atoms. The second-order valence-electron chi connectivity index (χ2n) is 6.23. The molecule has 29 heavy (non-hydrogen) atoms. The molecule has 4 rings (SSSR count). The van der Waals surface area contributed by atoms with E-state index >= 15 is 0 Å². The molecule has 0 bridgehead atoms. The number of oxazole rings is 1. The fourth-order valence-electron chi connectivity index (χ4n) is 2.70. The minimum atomic E-state index is -0.380. The predicted molar refractivity (Wildman–Crippen MR) is 114 cm³/mol. The van der Waals surface area contributed by atoms with Crippen molar-refractivity contribution >= 4 is 29.1 Å². The first-order chi connectivity index (χ1) is 14.2. The lowest BCUT2D eigenvalue weighted by atomic mass is 10.2. The van der Waals surface area contributed by atoms with Gasteiger partial charge in [0.2, 0.25) is 5.89 Å². The van der Waals surface area contributed by atoms with Crippen molar-refractivity contribution in [3.05, 3.63) is 88.2 Å². The smallest absolute Gasteiger partial charge is 0.339 e. The molecule has 2 aromatic carbocycles. The number of esters is 1. The van der Waals surface area contributed by atoms with Crippen LogP contribution in [-0.2, 0) is 17.1 Å². The highest BCUT2D eigenvalue weighted by Gasteiger charge is 2.17. The number of carbonyl (C=O) groups is 1. The molecule has 0 amide bonds. The van der Waals surface area contributed by atoms with Crippen molar-refractivity contribution in [1.29, 1.82) is 0 Å². The first kappa shape index (κ1) is 19.4. The molecule has 0 aliphatic heterocycles. The van der Waals surface area contributed by atoms with Gasteiger partial charge in [0.25, 0.3) is 0 Å². The maximum Gasteiger partial charge on any atom is 0.339 e. The summed E-state index contributed by atoms with van der Waals surface area (Å²) in [7, 11) is 0. The van der Waals surface area contributed by atoms with Crippen LogP contribution in [0.2, 0.25) is 0 Å². The Hall–Kier alpha value is -2.90.